The minimum absolute atomic E-state index is 0.519. The molecule has 2 saturated heterocycles. The number of nitrogen functional groups attached to an aromatic ring is 1. The molecule has 7 rings (SSSR count). The normalized spacial score (nSPS) is 49.5. The molecule has 2 aliphatic heterocycles. The summed E-state index contributed by atoms with van der Waals surface area (Å²) in [6, 6.07) is 10.4. The van der Waals surface area contributed by atoms with Crippen LogP contribution in [-0.2, 0) is 0 Å². The zero-order valence-corrected chi connectivity index (χ0v) is 17.7. The average Bonchev–Trinajstić information content (AvgIpc) is 2.86. The van der Waals surface area contributed by atoms with Crippen LogP contribution in [0.5, 0.6) is 0 Å². The Bertz CT molecular complexity index is 756. The first kappa shape index (κ1) is 17.6. The van der Waals surface area contributed by atoms with Gasteiger partial charge in [-0.3, -0.25) is 4.90 Å². The third-order valence-electron chi connectivity index (χ3n) is 9.20. The maximum absolute atomic E-state index is 6.21. The highest BCUT2D eigenvalue weighted by Gasteiger charge is 2.64. The Morgan fingerprint density at radius 2 is 1.57 bits per heavy atom. The molecule has 0 amide bonds. The average molecular weight is 380 g/mol. The molecule has 6 aliphatic rings. The van der Waals surface area contributed by atoms with Crippen LogP contribution in [-0.4, -0.2) is 28.6 Å². The molecule has 28 heavy (non-hydrogen) atoms. The molecule has 4 atom stereocenters. The highest BCUT2D eigenvalue weighted by molar-refractivity contribution is 5.66. The molecule has 1 aromatic rings. The van der Waals surface area contributed by atoms with Crippen LogP contribution in [0.2, 0.25) is 0 Å². The molecule has 1 aromatic carbocycles. The van der Waals surface area contributed by atoms with Crippen molar-refractivity contribution in [1.29, 1.82) is 0 Å². The van der Waals surface area contributed by atoms with Gasteiger partial charge in [-0.1, -0.05) is 26.0 Å². The Morgan fingerprint density at radius 1 is 0.929 bits per heavy atom. The number of nitrogens with zero attached hydrogens (tertiary/aromatic N) is 1. The number of hydrogen-bond acceptors (Lipinski definition) is 3. The SMILES string of the molecule is CC12CC3CC(C)(C1)CC(N1C4CCC1CC(Nc1ccccc1N)C4)(C3)C2. The molecule has 3 nitrogen and oxygen atoms in total. The number of anilines is 2. The standard InChI is InChI=1S/C25H37N3/c1-23-11-17-12-24(2,14-23)16-25(13-17,15-23)28-19-7-8-20(28)10-18(9-19)27-22-6-4-3-5-21(22)26/h3-6,17-20,27H,7-16,26H2,1-2H3. The Labute approximate surface area is 170 Å². The zero-order valence-electron chi connectivity index (χ0n) is 17.7. The molecule has 6 bridgehead atoms. The van der Waals surface area contributed by atoms with E-state index in [0.717, 1.165) is 29.4 Å². The molecule has 0 aromatic heterocycles. The number of nitrogens with two attached hydrogens (primary N) is 1. The third-order valence-corrected chi connectivity index (χ3v) is 9.20. The first-order valence-electron chi connectivity index (χ1n) is 11.8. The van der Waals surface area contributed by atoms with Crippen molar-refractivity contribution >= 4 is 11.4 Å². The summed E-state index contributed by atoms with van der Waals surface area (Å²) in [4.78, 5) is 3.11. The van der Waals surface area contributed by atoms with Crippen molar-refractivity contribution in [3.63, 3.8) is 0 Å². The van der Waals surface area contributed by atoms with Crippen molar-refractivity contribution in [2.24, 2.45) is 16.7 Å². The maximum Gasteiger partial charge on any atom is 0.0576 e. The number of para-hydroxylation sites is 2. The van der Waals surface area contributed by atoms with Crippen molar-refractivity contribution in [1.82, 2.24) is 4.90 Å². The molecular formula is C25H37N3. The number of piperidine rings is 1. The van der Waals surface area contributed by atoms with Gasteiger partial charge in [0.05, 0.1) is 11.4 Å². The number of rotatable bonds is 3. The van der Waals surface area contributed by atoms with Gasteiger partial charge in [0.15, 0.2) is 0 Å². The van der Waals surface area contributed by atoms with Crippen molar-refractivity contribution in [2.75, 3.05) is 11.1 Å². The van der Waals surface area contributed by atoms with E-state index in [0.29, 0.717) is 22.4 Å². The van der Waals surface area contributed by atoms with Gasteiger partial charge in [-0.25, -0.2) is 0 Å². The Hall–Kier alpha value is -1.22. The number of hydrogen-bond donors (Lipinski definition) is 2. The van der Waals surface area contributed by atoms with Crippen molar-refractivity contribution in [2.45, 2.75) is 102 Å². The van der Waals surface area contributed by atoms with E-state index < -0.39 is 0 Å². The van der Waals surface area contributed by atoms with Gasteiger partial charge >= 0.3 is 0 Å². The van der Waals surface area contributed by atoms with Crippen molar-refractivity contribution < 1.29 is 0 Å². The lowest BCUT2D eigenvalue weighted by atomic mass is 9.42. The van der Waals surface area contributed by atoms with Crippen LogP contribution in [0.25, 0.3) is 0 Å². The van der Waals surface area contributed by atoms with E-state index in [4.69, 9.17) is 5.73 Å². The Morgan fingerprint density at radius 3 is 2.18 bits per heavy atom. The summed E-state index contributed by atoms with van der Waals surface area (Å²) in [5.74, 6) is 0.991. The Balaban J connectivity index is 1.25. The second-order valence-corrected chi connectivity index (χ2v) is 12.0. The van der Waals surface area contributed by atoms with Crippen LogP contribution in [0.15, 0.2) is 24.3 Å². The van der Waals surface area contributed by atoms with Crippen LogP contribution < -0.4 is 11.1 Å². The predicted octanol–water partition coefficient (Wildman–Crippen LogP) is 5.43. The minimum Gasteiger partial charge on any atom is -0.397 e. The van der Waals surface area contributed by atoms with Gasteiger partial charge in [0.25, 0.3) is 0 Å². The van der Waals surface area contributed by atoms with E-state index in [-0.39, 0.29) is 0 Å². The number of fused-ring (bicyclic) bond motifs is 2. The summed E-state index contributed by atoms with van der Waals surface area (Å²) in [5.41, 5.74) is 9.98. The first-order chi connectivity index (χ1) is 13.4. The molecule has 152 valence electrons. The summed E-state index contributed by atoms with van der Waals surface area (Å²) < 4.78 is 0. The largest absolute Gasteiger partial charge is 0.397 e. The van der Waals surface area contributed by atoms with Crippen LogP contribution in [0.1, 0.15) is 78.1 Å². The smallest absolute Gasteiger partial charge is 0.0576 e. The van der Waals surface area contributed by atoms with Crippen molar-refractivity contribution in [3.8, 4) is 0 Å². The monoisotopic (exact) mass is 379 g/mol. The minimum atomic E-state index is 0.519. The maximum atomic E-state index is 6.21. The van der Waals surface area contributed by atoms with Gasteiger partial charge < -0.3 is 11.1 Å². The molecule has 0 radical (unpaired) electrons. The Kier molecular flexibility index (Phi) is 3.58. The number of nitrogens with one attached hydrogen (secondary N) is 1. The van der Waals surface area contributed by atoms with Crippen LogP contribution in [0, 0.1) is 16.7 Å². The van der Waals surface area contributed by atoms with E-state index in [1.54, 1.807) is 0 Å². The summed E-state index contributed by atoms with van der Waals surface area (Å²) in [7, 11) is 0. The van der Waals surface area contributed by atoms with E-state index in [1.165, 1.54) is 64.2 Å². The van der Waals surface area contributed by atoms with Gasteiger partial charge in [-0.15, -0.1) is 0 Å². The summed E-state index contributed by atoms with van der Waals surface area (Å²) >= 11 is 0. The molecule has 2 heterocycles. The molecule has 4 aliphatic carbocycles. The van der Waals surface area contributed by atoms with Crippen LogP contribution in [0.3, 0.4) is 0 Å². The van der Waals surface area contributed by atoms with Gasteiger partial charge in [0, 0.05) is 23.7 Å². The van der Waals surface area contributed by atoms with Gasteiger partial charge in [-0.05, 0) is 93.1 Å². The van der Waals surface area contributed by atoms with Crippen molar-refractivity contribution in [3.05, 3.63) is 24.3 Å². The van der Waals surface area contributed by atoms with Gasteiger partial charge in [0.2, 0.25) is 0 Å². The fourth-order valence-electron chi connectivity index (χ4n) is 9.59. The molecule has 3 N–H and O–H groups in total. The highest BCUT2D eigenvalue weighted by Crippen LogP contribution is 2.69. The van der Waals surface area contributed by atoms with Crippen LogP contribution >= 0.6 is 0 Å². The van der Waals surface area contributed by atoms with E-state index in [1.807, 2.05) is 12.1 Å². The lowest BCUT2D eigenvalue weighted by molar-refractivity contribution is -0.178. The molecule has 4 saturated carbocycles. The molecule has 4 unspecified atom stereocenters. The fraction of sp³-hybridized carbons (Fsp3) is 0.760. The van der Waals surface area contributed by atoms with Gasteiger partial charge in [0.1, 0.15) is 0 Å². The third kappa shape index (κ3) is 2.57. The lowest BCUT2D eigenvalue weighted by Crippen LogP contribution is -2.68. The van der Waals surface area contributed by atoms with Crippen LogP contribution in [0.4, 0.5) is 11.4 Å². The molecular weight excluding hydrogens is 342 g/mol. The lowest BCUT2D eigenvalue weighted by Gasteiger charge is -2.69. The van der Waals surface area contributed by atoms with E-state index >= 15 is 0 Å². The summed E-state index contributed by atoms with van der Waals surface area (Å²) in [6.45, 7) is 5.25. The highest BCUT2D eigenvalue weighted by atomic mass is 15.3. The van der Waals surface area contributed by atoms with E-state index in [2.05, 4.69) is 36.2 Å². The topological polar surface area (TPSA) is 41.3 Å². The molecule has 0 spiro atoms. The fourth-order valence-corrected chi connectivity index (χ4v) is 9.59. The quantitative estimate of drug-likeness (QED) is 0.689. The van der Waals surface area contributed by atoms with E-state index in [9.17, 15) is 0 Å². The second-order valence-electron chi connectivity index (χ2n) is 12.0. The van der Waals surface area contributed by atoms with Gasteiger partial charge in [-0.2, -0.15) is 0 Å². The molecule has 3 heteroatoms. The summed E-state index contributed by atoms with van der Waals surface area (Å²) in [5, 5.41) is 3.81. The molecule has 6 fully saturated rings. The second kappa shape index (κ2) is 5.68. The predicted molar refractivity (Wildman–Crippen MR) is 116 cm³/mol. The number of benzene rings is 1. The summed E-state index contributed by atoms with van der Waals surface area (Å²) in [6.07, 6.45) is 14.4. The zero-order chi connectivity index (χ0) is 19.1. The first-order valence-corrected chi connectivity index (χ1v) is 11.8.